The first kappa shape index (κ1) is 29.0. The number of anilines is 1. The van der Waals surface area contributed by atoms with Crippen LogP contribution in [0.25, 0.3) is 22.0 Å². The van der Waals surface area contributed by atoms with Crippen LogP contribution in [0.2, 0.25) is 0 Å². The Hall–Kier alpha value is -3.49. The number of benzene rings is 2. The lowest BCUT2D eigenvalue weighted by molar-refractivity contribution is -0.137. The number of nitrogens with zero attached hydrogens (tertiary/aromatic N) is 4. The van der Waals surface area contributed by atoms with Gasteiger partial charge in [-0.1, -0.05) is 6.58 Å². The van der Waals surface area contributed by atoms with Crippen molar-refractivity contribution in [3.05, 3.63) is 64.6 Å². The van der Waals surface area contributed by atoms with Crippen LogP contribution in [-0.2, 0) is 27.0 Å². The van der Waals surface area contributed by atoms with Crippen LogP contribution in [0.5, 0.6) is 0 Å². The van der Waals surface area contributed by atoms with E-state index in [1.54, 1.807) is 4.90 Å². The Morgan fingerprint density at radius 2 is 1.93 bits per heavy atom. The van der Waals surface area contributed by atoms with E-state index >= 15 is 4.39 Å². The van der Waals surface area contributed by atoms with Crippen molar-refractivity contribution in [2.24, 2.45) is 0 Å². The van der Waals surface area contributed by atoms with Crippen LogP contribution in [0.15, 0.2) is 46.6 Å². The lowest BCUT2D eigenvalue weighted by Crippen LogP contribution is -2.49. The fraction of sp³-hybridized carbons (Fsp3) is 0.370. The van der Waals surface area contributed by atoms with Crippen molar-refractivity contribution < 1.29 is 36.2 Å². The molecule has 218 valence electrons. The number of amides is 1. The topological polar surface area (TPSA) is 76.9 Å². The van der Waals surface area contributed by atoms with Gasteiger partial charge in [-0.3, -0.25) is 9.36 Å². The molecule has 0 bridgehead atoms. The highest BCUT2D eigenvalue weighted by molar-refractivity contribution is 7.99. The van der Waals surface area contributed by atoms with Crippen LogP contribution in [0.4, 0.5) is 27.8 Å². The Morgan fingerprint density at radius 3 is 2.56 bits per heavy atom. The quantitative estimate of drug-likeness (QED) is 0.239. The molecule has 0 aliphatic carbocycles. The maximum absolute atomic E-state index is 15.1. The molecule has 8 nitrogen and oxygen atoms in total. The summed E-state index contributed by atoms with van der Waals surface area (Å²) >= 11 is 0.986. The SMILES string of the molecule is C=CC(=O)N1CCN(c2nc(=O)n3c4c(c(-c5ccc(F)cc5F)c(C(F)(F)F)cc24)SC[C@@H](OCOC)C3)CC1. The monoisotopic (exact) mass is 596 g/mol. The molecule has 1 aromatic heterocycles. The third-order valence-electron chi connectivity index (χ3n) is 6.99. The van der Waals surface area contributed by atoms with Crippen LogP contribution in [0, 0.1) is 11.6 Å². The fourth-order valence-electron chi connectivity index (χ4n) is 5.09. The van der Waals surface area contributed by atoms with E-state index in [4.69, 9.17) is 9.47 Å². The number of ether oxygens (including phenoxy) is 2. The number of hydrogen-bond acceptors (Lipinski definition) is 7. The molecule has 2 aliphatic heterocycles. The zero-order valence-corrected chi connectivity index (χ0v) is 22.7. The number of hydrogen-bond donors (Lipinski definition) is 0. The number of halogens is 5. The van der Waals surface area contributed by atoms with Gasteiger partial charge in [-0.2, -0.15) is 18.2 Å². The van der Waals surface area contributed by atoms with Gasteiger partial charge in [-0.05, 0) is 24.3 Å². The average molecular weight is 597 g/mol. The molecule has 1 saturated heterocycles. The Labute approximate surface area is 235 Å². The summed E-state index contributed by atoms with van der Waals surface area (Å²) in [6.07, 6.45) is -4.40. The Bertz CT molecular complexity index is 1570. The summed E-state index contributed by atoms with van der Waals surface area (Å²) in [7, 11) is 1.41. The molecule has 5 rings (SSSR count). The zero-order valence-electron chi connectivity index (χ0n) is 21.8. The van der Waals surface area contributed by atoms with Crippen molar-refractivity contribution in [1.29, 1.82) is 0 Å². The van der Waals surface area contributed by atoms with Gasteiger partial charge < -0.3 is 19.3 Å². The summed E-state index contributed by atoms with van der Waals surface area (Å²) in [5.41, 5.74) is -2.68. The van der Waals surface area contributed by atoms with Gasteiger partial charge in [0.2, 0.25) is 5.91 Å². The van der Waals surface area contributed by atoms with Gasteiger partial charge in [0, 0.05) is 66.5 Å². The minimum atomic E-state index is -4.94. The summed E-state index contributed by atoms with van der Waals surface area (Å²) in [5, 5.41) is 0.0431. The minimum absolute atomic E-state index is 0.00470. The summed E-state index contributed by atoms with van der Waals surface area (Å²) in [6.45, 7) is 4.23. The van der Waals surface area contributed by atoms with Gasteiger partial charge >= 0.3 is 11.9 Å². The third-order valence-corrected chi connectivity index (χ3v) is 8.22. The Morgan fingerprint density at radius 1 is 1.20 bits per heavy atom. The smallest absolute Gasteiger partial charge is 0.359 e. The molecule has 14 heteroatoms. The second-order valence-electron chi connectivity index (χ2n) is 9.50. The number of rotatable bonds is 6. The van der Waals surface area contributed by atoms with Crippen molar-refractivity contribution >= 4 is 34.4 Å². The molecule has 0 unspecified atom stereocenters. The van der Waals surface area contributed by atoms with Crippen molar-refractivity contribution in [2.75, 3.05) is 50.7 Å². The lowest BCUT2D eigenvalue weighted by atomic mass is 9.95. The van der Waals surface area contributed by atoms with Gasteiger partial charge in [0.1, 0.15) is 24.2 Å². The number of piperazine rings is 1. The second kappa shape index (κ2) is 11.4. The van der Waals surface area contributed by atoms with Crippen LogP contribution >= 0.6 is 11.8 Å². The van der Waals surface area contributed by atoms with E-state index in [-0.39, 0.29) is 72.8 Å². The highest BCUT2D eigenvalue weighted by Crippen LogP contribution is 2.48. The first-order valence-corrected chi connectivity index (χ1v) is 13.6. The first-order chi connectivity index (χ1) is 19.5. The van der Waals surface area contributed by atoms with Crippen molar-refractivity contribution in [3.8, 4) is 11.1 Å². The molecule has 0 spiro atoms. The minimum Gasteiger partial charge on any atom is -0.359 e. The maximum atomic E-state index is 15.1. The molecule has 3 heterocycles. The number of methoxy groups -OCH3 is 1. The van der Waals surface area contributed by atoms with E-state index in [1.165, 1.54) is 22.7 Å². The fourth-order valence-corrected chi connectivity index (χ4v) is 6.37. The van der Waals surface area contributed by atoms with E-state index < -0.39 is 46.3 Å². The summed E-state index contributed by atoms with van der Waals surface area (Å²) in [6, 6.07) is 3.24. The number of alkyl halides is 3. The lowest BCUT2D eigenvalue weighted by Gasteiger charge is -2.35. The first-order valence-electron chi connectivity index (χ1n) is 12.6. The molecule has 0 saturated carbocycles. The predicted molar refractivity (Wildman–Crippen MR) is 143 cm³/mol. The summed E-state index contributed by atoms with van der Waals surface area (Å²) in [5.74, 6) is -2.25. The highest BCUT2D eigenvalue weighted by Gasteiger charge is 2.39. The molecule has 41 heavy (non-hydrogen) atoms. The molecule has 1 amide bonds. The number of carbonyl (C=O) groups is 1. The highest BCUT2D eigenvalue weighted by atomic mass is 32.2. The molecule has 1 fully saturated rings. The van der Waals surface area contributed by atoms with E-state index in [2.05, 4.69) is 11.6 Å². The number of aromatic nitrogens is 2. The van der Waals surface area contributed by atoms with Gasteiger partial charge in [0.05, 0.1) is 23.7 Å². The summed E-state index contributed by atoms with van der Waals surface area (Å²) in [4.78, 5) is 32.9. The Balaban J connectivity index is 1.78. The van der Waals surface area contributed by atoms with Gasteiger partial charge in [-0.25, -0.2) is 13.6 Å². The summed E-state index contributed by atoms with van der Waals surface area (Å²) < 4.78 is 84.8. The molecular weight excluding hydrogens is 571 g/mol. The van der Waals surface area contributed by atoms with Crippen molar-refractivity contribution in [2.45, 2.75) is 23.7 Å². The van der Waals surface area contributed by atoms with Gasteiger partial charge in [-0.15, -0.1) is 11.8 Å². The number of carbonyl (C=O) groups excluding carboxylic acids is 1. The van der Waals surface area contributed by atoms with Crippen LogP contribution in [-0.4, -0.2) is 72.3 Å². The van der Waals surface area contributed by atoms with Gasteiger partial charge in [0.25, 0.3) is 0 Å². The van der Waals surface area contributed by atoms with Crippen molar-refractivity contribution in [1.82, 2.24) is 14.5 Å². The predicted octanol–water partition coefficient (Wildman–Crippen LogP) is 4.29. The molecule has 1 atom stereocenters. The van der Waals surface area contributed by atoms with E-state index in [0.29, 0.717) is 6.07 Å². The maximum Gasteiger partial charge on any atom is 0.417 e. The van der Waals surface area contributed by atoms with Gasteiger partial charge in [0.15, 0.2) is 0 Å². The molecule has 3 aromatic rings. The average Bonchev–Trinajstić information content (AvgIpc) is 3.14. The van der Waals surface area contributed by atoms with Crippen molar-refractivity contribution in [3.63, 3.8) is 0 Å². The second-order valence-corrected chi connectivity index (χ2v) is 10.5. The zero-order chi connectivity index (χ0) is 29.5. The van der Waals surface area contributed by atoms with Crippen LogP contribution < -0.4 is 10.6 Å². The third kappa shape index (κ3) is 5.55. The number of thioether (sulfide) groups is 1. The van der Waals surface area contributed by atoms with Crippen LogP contribution in [0.3, 0.4) is 0 Å². The van der Waals surface area contributed by atoms with E-state index in [1.807, 2.05) is 0 Å². The molecule has 0 N–H and O–H groups in total. The largest absolute Gasteiger partial charge is 0.417 e. The molecular formula is C27H25F5N4O4S. The van der Waals surface area contributed by atoms with E-state index in [9.17, 15) is 27.2 Å². The Kier molecular flexibility index (Phi) is 8.08. The molecule has 0 radical (unpaired) electrons. The van der Waals surface area contributed by atoms with E-state index in [0.717, 1.165) is 30.0 Å². The normalized spacial score (nSPS) is 17.6. The molecule has 2 aromatic carbocycles. The standard InChI is InChI=1S/C27H25F5N4O4S/c1-3-21(37)34-6-8-35(9-7-34)25-18-11-19(27(30,31)32)22(17-5-4-15(28)10-20(17)29)24-23(18)36(26(38)33-25)12-16(13-41-24)40-14-39-2/h3-5,10-11,16H,1,6-9,12-14H2,2H3/t16-/m0/s1. The molecule has 2 aliphatic rings. The van der Waals surface area contributed by atoms with Crippen LogP contribution in [0.1, 0.15) is 5.56 Å².